The summed E-state index contributed by atoms with van der Waals surface area (Å²) in [4.78, 5) is 2.33. The van der Waals surface area contributed by atoms with Gasteiger partial charge in [-0.1, -0.05) is 12.1 Å². The molecular weight excluding hydrogens is 257 g/mol. The third kappa shape index (κ3) is 3.96. The number of ether oxygens (including phenoxy) is 2. The summed E-state index contributed by atoms with van der Waals surface area (Å²) in [6.07, 6.45) is 1.26. The molecule has 0 bridgehead atoms. The zero-order chi connectivity index (χ0) is 14.5. The van der Waals surface area contributed by atoms with Gasteiger partial charge >= 0.3 is 7.12 Å². The first-order valence-corrected chi connectivity index (χ1v) is 6.97. The lowest BCUT2D eigenvalue weighted by atomic mass is 9.78. The van der Waals surface area contributed by atoms with E-state index in [2.05, 4.69) is 11.8 Å². The normalized spacial score (nSPS) is 20.5. The average molecular weight is 279 g/mol. The highest BCUT2D eigenvalue weighted by Crippen LogP contribution is 2.14. The van der Waals surface area contributed by atoms with Crippen molar-refractivity contribution in [1.29, 1.82) is 0 Å². The fraction of sp³-hybridized carbons (Fsp3) is 0.571. The summed E-state index contributed by atoms with van der Waals surface area (Å²) < 4.78 is 10.8. The molecule has 1 aliphatic heterocycles. The van der Waals surface area contributed by atoms with Gasteiger partial charge in [0.2, 0.25) is 0 Å². The summed E-state index contributed by atoms with van der Waals surface area (Å²) in [5, 5.41) is 18.8. The van der Waals surface area contributed by atoms with Gasteiger partial charge in [0.05, 0.1) is 13.2 Å². The molecule has 2 N–H and O–H groups in total. The van der Waals surface area contributed by atoms with Crippen molar-refractivity contribution >= 4 is 12.6 Å². The molecule has 5 nitrogen and oxygen atoms in total. The van der Waals surface area contributed by atoms with Gasteiger partial charge in [-0.3, -0.25) is 4.90 Å². The number of benzene rings is 1. The molecule has 0 radical (unpaired) electrons. The minimum absolute atomic E-state index is 0.235. The van der Waals surface area contributed by atoms with Gasteiger partial charge in [0.15, 0.2) is 0 Å². The molecular formula is C14H22BNO4. The lowest BCUT2D eigenvalue weighted by Gasteiger charge is -2.22. The van der Waals surface area contributed by atoms with Gasteiger partial charge in [-0.15, -0.1) is 0 Å². The Kier molecular flexibility index (Phi) is 5.42. The SMILES string of the molecule is COc1ccc(CN2CCCOC(C)C2)cc1B(O)O. The Labute approximate surface area is 120 Å². The molecule has 1 unspecified atom stereocenters. The molecule has 1 heterocycles. The van der Waals surface area contributed by atoms with E-state index in [1.807, 2.05) is 6.07 Å². The largest absolute Gasteiger partial charge is 0.497 e. The summed E-state index contributed by atoms with van der Waals surface area (Å²) in [7, 11) is 0.00520. The zero-order valence-electron chi connectivity index (χ0n) is 12.1. The van der Waals surface area contributed by atoms with Gasteiger partial charge in [-0.05, 0) is 25.0 Å². The molecule has 1 saturated heterocycles. The second-order valence-corrected chi connectivity index (χ2v) is 5.22. The van der Waals surface area contributed by atoms with Crippen molar-refractivity contribution in [2.45, 2.75) is 26.0 Å². The van der Waals surface area contributed by atoms with Gasteiger partial charge in [0.1, 0.15) is 5.75 Å². The Morgan fingerprint density at radius 1 is 1.45 bits per heavy atom. The molecule has 1 aromatic carbocycles. The van der Waals surface area contributed by atoms with E-state index < -0.39 is 7.12 Å². The van der Waals surface area contributed by atoms with Crippen molar-refractivity contribution in [1.82, 2.24) is 4.90 Å². The first kappa shape index (κ1) is 15.3. The number of rotatable bonds is 4. The average Bonchev–Trinajstić information content (AvgIpc) is 2.63. The molecule has 0 aliphatic carbocycles. The number of hydrogen-bond donors (Lipinski definition) is 2. The van der Waals surface area contributed by atoms with Crippen molar-refractivity contribution in [2.75, 3.05) is 26.8 Å². The Morgan fingerprint density at radius 3 is 2.95 bits per heavy atom. The summed E-state index contributed by atoms with van der Waals surface area (Å²) in [5.74, 6) is 0.497. The van der Waals surface area contributed by atoms with E-state index in [1.165, 1.54) is 7.11 Å². The molecule has 0 saturated carbocycles. The van der Waals surface area contributed by atoms with E-state index in [4.69, 9.17) is 9.47 Å². The zero-order valence-corrected chi connectivity index (χ0v) is 12.1. The molecule has 2 rings (SSSR count). The van der Waals surface area contributed by atoms with Crippen LogP contribution < -0.4 is 10.2 Å². The molecule has 6 heteroatoms. The highest BCUT2D eigenvalue weighted by Gasteiger charge is 2.19. The monoisotopic (exact) mass is 279 g/mol. The van der Waals surface area contributed by atoms with E-state index in [0.717, 1.165) is 38.2 Å². The molecule has 0 aromatic heterocycles. The summed E-state index contributed by atoms with van der Waals surface area (Å²) in [6.45, 7) is 5.55. The van der Waals surface area contributed by atoms with Crippen LogP contribution in [0.3, 0.4) is 0 Å². The molecule has 1 atom stereocenters. The van der Waals surface area contributed by atoms with Crippen LogP contribution in [0.25, 0.3) is 0 Å². The molecule has 110 valence electrons. The second kappa shape index (κ2) is 7.08. The van der Waals surface area contributed by atoms with Gasteiger partial charge < -0.3 is 19.5 Å². The van der Waals surface area contributed by atoms with E-state index in [9.17, 15) is 10.0 Å². The summed E-state index contributed by atoms with van der Waals surface area (Å²) >= 11 is 0. The molecule has 0 spiro atoms. The third-order valence-electron chi connectivity index (χ3n) is 3.51. The van der Waals surface area contributed by atoms with E-state index >= 15 is 0 Å². The van der Waals surface area contributed by atoms with E-state index in [1.54, 1.807) is 12.1 Å². The first-order chi connectivity index (χ1) is 9.60. The van der Waals surface area contributed by atoms with E-state index in [-0.39, 0.29) is 6.10 Å². The smallest absolute Gasteiger partial charge is 0.492 e. The predicted molar refractivity (Wildman–Crippen MR) is 78.1 cm³/mol. The van der Waals surface area contributed by atoms with Crippen molar-refractivity contribution in [3.63, 3.8) is 0 Å². The van der Waals surface area contributed by atoms with Crippen LogP contribution in [0.5, 0.6) is 5.75 Å². The Morgan fingerprint density at radius 2 is 2.25 bits per heavy atom. The lowest BCUT2D eigenvalue weighted by Crippen LogP contribution is -2.33. The quantitative estimate of drug-likeness (QED) is 0.759. The van der Waals surface area contributed by atoms with Crippen LogP contribution in [-0.2, 0) is 11.3 Å². The van der Waals surface area contributed by atoms with Crippen LogP contribution in [-0.4, -0.2) is 55.0 Å². The van der Waals surface area contributed by atoms with E-state index in [0.29, 0.717) is 11.2 Å². The lowest BCUT2D eigenvalue weighted by molar-refractivity contribution is 0.0668. The summed E-state index contributed by atoms with van der Waals surface area (Å²) in [6, 6.07) is 5.53. The van der Waals surface area contributed by atoms with Crippen LogP contribution in [0.4, 0.5) is 0 Å². The first-order valence-electron chi connectivity index (χ1n) is 6.97. The second-order valence-electron chi connectivity index (χ2n) is 5.22. The van der Waals surface area contributed by atoms with Crippen molar-refractivity contribution in [3.8, 4) is 5.75 Å². The predicted octanol–water partition coefficient (Wildman–Crippen LogP) is -0.0142. The van der Waals surface area contributed by atoms with Crippen LogP contribution in [0, 0.1) is 0 Å². The third-order valence-corrected chi connectivity index (χ3v) is 3.51. The van der Waals surface area contributed by atoms with Crippen LogP contribution in [0.1, 0.15) is 18.9 Å². The van der Waals surface area contributed by atoms with Gasteiger partial charge in [-0.25, -0.2) is 0 Å². The Balaban J connectivity index is 2.10. The standard InChI is InChI=1S/C14H22BNO4/c1-11-9-16(6-3-7-20-11)10-12-4-5-14(19-2)13(8-12)15(17)18/h4-5,8,11,17-18H,3,6-7,9-10H2,1-2H3. The minimum atomic E-state index is -1.52. The van der Waals surface area contributed by atoms with Crippen molar-refractivity contribution < 1.29 is 19.5 Å². The molecule has 1 aromatic rings. The maximum absolute atomic E-state index is 9.39. The van der Waals surface area contributed by atoms with Gasteiger partial charge in [0.25, 0.3) is 0 Å². The Hall–Kier alpha value is -1.08. The highest BCUT2D eigenvalue weighted by molar-refractivity contribution is 6.59. The van der Waals surface area contributed by atoms with Crippen LogP contribution in [0.15, 0.2) is 18.2 Å². The van der Waals surface area contributed by atoms with Crippen LogP contribution in [0.2, 0.25) is 0 Å². The van der Waals surface area contributed by atoms with Gasteiger partial charge in [-0.2, -0.15) is 0 Å². The van der Waals surface area contributed by atoms with Crippen molar-refractivity contribution in [2.24, 2.45) is 0 Å². The number of hydrogen-bond acceptors (Lipinski definition) is 5. The number of methoxy groups -OCH3 is 1. The van der Waals surface area contributed by atoms with Gasteiger partial charge in [0, 0.05) is 31.7 Å². The minimum Gasteiger partial charge on any atom is -0.497 e. The fourth-order valence-electron chi connectivity index (χ4n) is 2.57. The molecule has 1 fully saturated rings. The highest BCUT2D eigenvalue weighted by atomic mass is 16.5. The number of nitrogens with zero attached hydrogens (tertiary/aromatic N) is 1. The van der Waals surface area contributed by atoms with Crippen molar-refractivity contribution in [3.05, 3.63) is 23.8 Å². The topological polar surface area (TPSA) is 62.2 Å². The summed E-state index contributed by atoms with van der Waals surface area (Å²) in [5.41, 5.74) is 1.45. The fourth-order valence-corrected chi connectivity index (χ4v) is 2.57. The molecule has 0 amide bonds. The molecule has 1 aliphatic rings. The maximum atomic E-state index is 9.39. The molecule has 20 heavy (non-hydrogen) atoms. The van der Waals surface area contributed by atoms with Crippen LogP contribution >= 0.6 is 0 Å². The maximum Gasteiger partial charge on any atom is 0.492 e. The Bertz CT molecular complexity index is 441.